The Balaban J connectivity index is 2.17. The molecular formula is C13H26N2O2. The second kappa shape index (κ2) is 7.67. The zero-order chi connectivity index (χ0) is 12.7. The molecule has 0 aromatic rings. The van der Waals surface area contributed by atoms with Crippen LogP contribution in [0.4, 0.5) is 0 Å². The van der Waals surface area contributed by atoms with E-state index in [0.29, 0.717) is 24.9 Å². The molecule has 4 heteroatoms. The number of amides is 1. The van der Waals surface area contributed by atoms with Crippen molar-refractivity contribution < 1.29 is 9.90 Å². The number of nitrogens with one attached hydrogen (secondary N) is 2. The number of hydrogen-bond acceptors (Lipinski definition) is 3. The molecule has 17 heavy (non-hydrogen) atoms. The summed E-state index contributed by atoms with van der Waals surface area (Å²) in [6.45, 7) is 5.55. The molecule has 1 saturated heterocycles. The molecule has 2 atom stereocenters. The van der Waals surface area contributed by atoms with Crippen molar-refractivity contribution in [1.82, 2.24) is 10.6 Å². The summed E-state index contributed by atoms with van der Waals surface area (Å²) in [6, 6.07) is 0.334. The monoisotopic (exact) mass is 242 g/mol. The highest BCUT2D eigenvalue weighted by Crippen LogP contribution is 2.12. The Bertz CT molecular complexity index is 223. The number of hydrogen-bond donors (Lipinski definition) is 3. The molecule has 0 radical (unpaired) electrons. The summed E-state index contributed by atoms with van der Waals surface area (Å²) < 4.78 is 0. The maximum absolute atomic E-state index is 11.6. The van der Waals surface area contributed by atoms with Crippen LogP contribution >= 0.6 is 0 Å². The van der Waals surface area contributed by atoms with Crippen LogP contribution in [-0.4, -0.2) is 36.2 Å². The minimum absolute atomic E-state index is 0.0504. The lowest BCUT2D eigenvalue weighted by molar-refractivity contribution is -0.122. The molecule has 1 fully saturated rings. The number of carbonyl (C=O) groups excluding carboxylic acids is 1. The average Bonchev–Trinajstić information content (AvgIpc) is 2.81. The molecule has 1 amide bonds. The fourth-order valence-corrected chi connectivity index (χ4v) is 2.44. The maximum atomic E-state index is 11.6. The van der Waals surface area contributed by atoms with Gasteiger partial charge >= 0.3 is 0 Å². The topological polar surface area (TPSA) is 61.4 Å². The van der Waals surface area contributed by atoms with Crippen LogP contribution in [0.15, 0.2) is 0 Å². The fraction of sp³-hybridized carbons (Fsp3) is 0.923. The van der Waals surface area contributed by atoms with E-state index < -0.39 is 6.10 Å². The summed E-state index contributed by atoms with van der Waals surface area (Å²) in [4.78, 5) is 11.6. The largest absolute Gasteiger partial charge is 0.391 e. The summed E-state index contributed by atoms with van der Waals surface area (Å²) >= 11 is 0. The Morgan fingerprint density at radius 2 is 2.18 bits per heavy atom. The van der Waals surface area contributed by atoms with Crippen molar-refractivity contribution in [2.75, 3.05) is 13.1 Å². The minimum Gasteiger partial charge on any atom is -0.391 e. The number of rotatable bonds is 7. The molecular weight excluding hydrogens is 216 g/mol. The third kappa shape index (κ3) is 5.04. The quantitative estimate of drug-likeness (QED) is 0.625. The van der Waals surface area contributed by atoms with E-state index in [1.165, 1.54) is 0 Å². The van der Waals surface area contributed by atoms with Crippen LogP contribution in [0.3, 0.4) is 0 Å². The van der Waals surface area contributed by atoms with Crippen molar-refractivity contribution in [2.24, 2.45) is 5.92 Å². The van der Waals surface area contributed by atoms with Crippen LogP contribution in [0.25, 0.3) is 0 Å². The lowest BCUT2D eigenvalue weighted by Crippen LogP contribution is -2.38. The fourth-order valence-electron chi connectivity index (χ4n) is 2.44. The van der Waals surface area contributed by atoms with Crippen molar-refractivity contribution >= 4 is 5.91 Å². The third-order valence-corrected chi connectivity index (χ3v) is 3.70. The highest BCUT2D eigenvalue weighted by molar-refractivity contribution is 5.76. The number of carbonyl (C=O) groups is 1. The smallest absolute Gasteiger partial charge is 0.221 e. The van der Waals surface area contributed by atoms with Gasteiger partial charge in [0.2, 0.25) is 5.91 Å². The normalized spacial score (nSPS) is 21.8. The molecule has 100 valence electrons. The molecule has 1 aliphatic rings. The predicted molar refractivity (Wildman–Crippen MR) is 68.7 cm³/mol. The molecule has 0 aromatic heterocycles. The van der Waals surface area contributed by atoms with Crippen molar-refractivity contribution in [2.45, 2.75) is 58.1 Å². The molecule has 0 aliphatic carbocycles. The zero-order valence-electron chi connectivity index (χ0n) is 11.0. The van der Waals surface area contributed by atoms with E-state index in [4.69, 9.17) is 0 Å². The van der Waals surface area contributed by atoms with Crippen molar-refractivity contribution in [3.05, 3.63) is 0 Å². The average molecular weight is 242 g/mol. The first-order valence-corrected chi connectivity index (χ1v) is 6.85. The molecule has 1 rings (SSSR count). The van der Waals surface area contributed by atoms with Crippen LogP contribution in [-0.2, 0) is 4.79 Å². The Labute approximate surface area is 104 Å². The van der Waals surface area contributed by atoms with Crippen molar-refractivity contribution in [3.63, 3.8) is 0 Å². The van der Waals surface area contributed by atoms with E-state index in [1.807, 2.05) is 0 Å². The first-order chi connectivity index (χ1) is 8.17. The van der Waals surface area contributed by atoms with Crippen LogP contribution in [0, 0.1) is 5.92 Å². The molecule has 0 spiro atoms. The Morgan fingerprint density at radius 1 is 1.47 bits per heavy atom. The molecule has 4 nitrogen and oxygen atoms in total. The summed E-state index contributed by atoms with van der Waals surface area (Å²) in [5, 5.41) is 16.0. The van der Waals surface area contributed by atoms with E-state index in [1.54, 1.807) is 0 Å². The van der Waals surface area contributed by atoms with E-state index >= 15 is 0 Å². The predicted octanol–water partition coefficient (Wildman–Crippen LogP) is 1.04. The molecule has 0 bridgehead atoms. The Hall–Kier alpha value is -0.610. The molecule has 0 aromatic carbocycles. The molecule has 1 aliphatic heterocycles. The van der Waals surface area contributed by atoms with Gasteiger partial charge in [-0.05, 0) is 25.3 Å². The summed E-state index contributed by atoms with van der Waals surface area (Å²) in [5.41, 5.74) is 0. The first-order valence-electron chi connectivity index (χ1n) is 6.85. The second-order valence-corrected chi connectivity index (χ2v) is 4.95. The molecule has 3 N–H and O–H groups in total. The minimum atomic E-state index is -0.412. The van der Waals surface area contributed by atoms with Gasteiger partial charge in [-0.3, -0.25) is 4.79 Å². The van der Waals surface area contributed by atoms with Gasteiger partial charge in [0, 0.05) is 19.0 Å². The lowest BCUT2D eigenvalue weighted by Gasteiger charge is -2.20. The standard InChI is InChI=1S/C13H26N2O2/c1-3-10(4-2)12(16)9-15-13(17)8-11-6-5-7-14-11/h10-12,14,16H,3-9H2,1-2H3,(H,15,17). The van der Waals surface area contributed by atoms with E-state index in [2.05, 4.69) is 24.5 Å². The number of aliphatic hydroxyl groups excluding tert-OH is 1. The summed E-state index contributed by atoms with van der Waals surface area (Å²) in [6.07, 6.45) is 4.28. The van der Waals surface area contributed by atoms with Gasteiger partial charge in [-0.15, -0.1) is 0 Å². The third-order valence-electron chi connectivity index (χ3n) is 3.70. The molecule has 0 saturated carbocycles. The second-order valence-electron chi connectivity index (χ2n) is 4.95. The van der Waals surface area contributed by atoms with Gasteiger partial charge < -0.3 is 15.7 Å². The SMILES string of the molecule is CCC(CC)C(O)CNC(=O)CC1CCCN1. The summed E-state index contributed by atoms with van der Waals surface area (Å²) in [5.74, 6) is 0.342. The van der Waals surface area contributed by atoms with Crippen LogP contribution < -0.4 is 10.6 Å². The maximum Gasteiger partial charge on any atom is 0.221 e. The van der Waals surface area contributed by atoms with Crippen LogP contribution in [0.2, 0.25) is 0 Å². The van der Waals surface area contributed by atoms with Crippen molar-refractivity contribution in [3.8, 4) is 0 Å². The van der Waals surface area contributed by atoms with Crippen LogP contribution in [0.5, 0.6) is 0 Å². The van der Waals surface area contributed by atoms with E-state index in [-0.39, 0.29) is 5.91 Å². The highest BCUT2D eigenvalue weighted by atomic mass is 16.3. The molecule has 2 unspecified atom stereocenters. The Kier molecular flexibility index (Phi) is 6.52. The molecule has 1 heterocycles. The Morgan fingerprint density at radius 3 is 2.71 bits per heavy atom. The van der Waals surface area contributed by atoms with E-state index in [9.17, 15) is 9.90 Å². The number of aliphatic hydroxyl groups is 1. The van der Waals surface area contributed by atoms with Gasteiger partial charge in [0.05, 0.1) is 6.10 Å². The van der Waals surface area contributed by atoms with Gasteiger partial charge in [0.15, 0.2) is 0 Å². The van der Waals surface area contributed by atoms with Gasteiger partial charge in [0.1, 0.15) is 0 Å². The van der Waals surface area contributed by atoms with Gasteiger partial charge in [0.25, 0.3) is 0 Å². The van der Waals surface area contributed by atoms with Gasteiger partial charge in [-0.2, -0.15) is 0 Å². The van der Waals surface area contributed by atoms with Crippen molar-refractivity contribution in [1.29, 1.82) is 0 Å². The van der Waals surface area contributed by atoms with Gasteiger partial charge in [-0.1, -0.05) is 26.7 Å². The van der Waals surface area contributed by atoms with Crippen LogP contribution in [0.1, 0.15) is 46.0 Å². The zero-order valence-corrected chi connectivity index (χ0v) is 11.0. The lowest BCUT2D eigenvalue weighted by atomic mass is 9.96. The highest BCUT2D eigenvalue weighted by Gasteiger charge is 2.19. The van der Waals surface area contributed by atoms with E-state index in [0.717, 1.165) is 32.2 Å². The first kappa shape index (κ1) is 14.5. The van der Waals surface area contributed by atoms with Gasteiger partial charge in [-0.25, -0.2) is 0 Å². The summed E-state index contributed by atoms with van der Waals surface area (Å²) in [7, 11) is 0.